The number of amidine groups is 1. The van der Waals surface area contributed by atoms with Gasteiger partial charge in [-0.15, -0.1) is 0 Å². The van der Waals surface area contributed by atoms with Crippen LogP contribution >= 0.6 is 15.9 Å². The van der Waals surface area contributed by atoms with Gasteiger partial charge in [0, 0.05) is 19.2 Å². The largest absolute Gasteiger partial charge is 0.409 e. The van der Waals surface area contributed by atoms with Crippen molar-refractivity contribution >= 4 is 27.6 Å². The van der Waals surface area contributed by atoms with Crippen LogP contribution in [0.3, 0.4) is 0 Å². The van der Waals surface area contributed by atoms with E-state index in [0.29, 0.717) is 22.4 Å². The molecule has 2 rings (SSSR count). The van der Waals surface area contributed by atoms with Crippen LogP contribution in [0, 0.1) is 0 Å². The first-order valence-electron chi connectivity index (χ1n) is 6.04. The van der Waals surface area contributed by atoms with E-state index in [9.17, 15) is 4.79 Å². The van der Waals surface area contributed by atoms with E-state index < -0.39 is 0 Å². The maximum atomic E-state index is 11.5. The van der Waals surface area contributed by atoms with Crippen LogP contribution < -0.4 is 16.2 Å². The molecule has 0 bridgehead atoms. The number of oxime groups is 1. The van der Waals surface area contributed by atoms with Gasteiger partial charge in [0.05, 0.1) is 6.33 Å². The molecule has 2 aromatic rings. The van der Waals surface area contributed by atoms with Crippen molar-refractivity contribution in [1.29, 1.82) is 0 Å². The Morgan fingerprint density at radius 2 is 2.33 bits per heavy atom. The number of hydrogen-bond donors (Lipinski definition) is 3. The van der Waals surface area contributed by atoms with Gasteiger partial charge >= 0.3 is 0 Å². The van der Waals surface area contributed by atoms with E-state index in [2.05, 4.69) is 31.1 Å². The fourth-order valence-electron chi connectivity index (χ4n) is 1.88. The van der Waals surface area contributed by atoms with Gasteiger partial charge in [-0.3, -0.25) is 4.79 Å². The van der Waals surface area contributed by atoms with Gasteiger partial charge in [0.2, 0.25) is 0 Å². The van der Waals surface area contributed by atoms with E-state index in [1.54, 1.807) is 6.07 Å². The summed E-state index contributed by atoms with van der Waals surface area (Å²) in [6.45, 7) is 0.515. The summed E-state index contributed by atoms with van der Waals surface area (Å²) in [7, 11) is 1.82. The average Bonchev–Trinajstić information content (AvgIpc) is 2.49. The molecule has 110 valence electrons. The number of benzene rings is 1. The minimum Gasteiger partial charge on any atom is -0.409 e. The number of hydrogen-bond acceptors (Lipinski definition) is 5. The first-order valence-corrected chi connectivity index (χ1v) is 6.83. The van der Waals surface area contributed by atoms with Gasteiger partial charge in [0.1, 0.15) is 10.3 Å². The minimum absolute atomic E-state index is 0.0509. The molecule has 4 N–H and O–H groups in total. The first kappa shape index (κ1) is 15.0. The molecule has 0 aliphatic heterocycles. The molecule has 0 saturated carbocycles. The van der Waals surface area contributed by atoms with Crippen molar-refractivity contribution in [2.45, 2.75) is 6.54 Å². The maximum absolute atomic E-state index is 11.5. The third-order valence-corrected chi connectivity index (χ3v) is 3.60. The highest BCUT2D eigenvalue weighted by Crippen LogP contribution is 2.19. The number of nitrogens with one attached hydrogen (secondary N) is 1. The predicted octanol–water partition coefficient (Wildman–Crippen LogP) is 1.26. The Hall–Kier alpha value is -2.35. The molecular weight excluding hydrogens is 338 g/mol. The van der Waals surface area contributed by atoms with Crippen molar-refractivity contribution in [3.8, 4) is 0 Å². The molecule has 0 unspecified atom stereocenters. The van der Waals surface area contributed by atoms with Crippen molar-refractivity contribution in [3.05, 3.63) is 56.5 Å². The van der Waals surface area contributed by atoms with Crippen molar-refractivity contribution in [3.63, 3.8) is 0 Å². The predicted molar refractivity (Wildman–Crippen MR) is 83.6 cm³/mol. The van der Waals surface area contributed by atoms with Crippen LogP contribution in [0.2, 0.25) is 0 Å². The van der Waals surface area contributed by atoms with Crippen LogP contribution in [-0.2, 0) is 6.54 Å². The average molecular weight is 352 g/mol. The van der Waals surface area contributed by atoms with Crippen molar-refractivity contribution in [1.82, 2.24) is 9.97 Å². The highest BCUT2D eigenvalue weighted by Gasteiger charge is 2.11. The van der Waals surface area contributed by atoms with Gasteiger partial charge in [0.25, 0.3) is 5.56 Å². The molecule has 0 aliphatic carbocycles. The summed E-state index contributed by atoms with van der Waals surface area (Å²) in [5.74, 6) is 0.586. The number of nitrogens with two attached hydrogens (primary N) is 1. The van der Waals surface area contributed by atoms with Gasteiger partial charge in [0.15, 0.2) is 5.84 Å². The third kappa shape index (κ3) is 3.40. The molecular formula is C13H14BrN5O2. The van der Waals surface area contributed by atoms with Crippen LogP contribution in [0.5, 0.6) is 0 Å². The summed E-state index contributed by atoms with van der Waals surface area (Å²) >= 11 is 3.22. The quantitative estimate of drug-likeness (QED) is 0.332. The summed E-state index contributed by atoms with van der Waals surface area (Å²) in [6, 6.07) is 7.29. The number of aromatic amines is 1. The molecule has 0 atom stereocenters. The zero-order chi connectivity index (χ0) is 15.4. The summed E-state index contributed by atoms with van der Waals surface area (Å²) in [6.07, 6.45) is 1.35. The zero-order valence-corrected chi connectivity index (χ0v) is 12.8. The van der Waals surface area contributed by atoms with E-state index in [1.807, 2.05) is 30.1 Å². The Balaban J connectivity index is 2.26. The van der Waals surface area contributed by atoms with Crippen LogP contribution in [0.25, 0.3) is 0 Å². The monoisotopic (exact) mass is 351 g/mol. The standard InChI is InChI=1S/C13H14BrN5O2/c1-19(12-10(14)13(20)17-7-16-12)6-8-3-2-4-9(5-8)11(15)18-21/h2-5,7,21H,6H2,1H3,(H2,15,18)(H,16,17,20). The molecule has 0 amide bonds. The molecule has 8 heteroatoms. The second-order valence-corrected chi connectivity index (χ2v) is 5.20. The summed E-state index contributed by atoms with van der Waals surface area (Å²) in [5, 5.41) is 11.7. The fourth-order valence-corrected chi connectivity index (χ4v) is 2.39. The SMILES string of the molecule is CN(Cc1cccc(/C(N)=N/O)c1)c1nc[nH]c(=O)c1Br. The lowest BCUT2D eigenvalue weighted by atomic mass is 10.1. The third-order valence-electron chi connectivity index (χ3n) is 2.89. The van der Waals surface area contributed by atoms with Crippen LogP contribution in [-0.4, -0.2) is 28.1 Å². The topological polar surface area (TPSA) is 108 Å². The summed E-state index contributed by atoms with van der Waals surface area (Å²) in [5.41, 5.74) is 6.90. The first-order chi connectivity index (χ1) is 10.0. The fraction of sp³-hybridized carbons (Fsp3) is 0.154. The van der Waals surface area contributed by atoms with Crippen molar-refractivity contribution in [2.24, 2.45) is 10.9 Å². The van der Waals surface area contributed by atoms with Crippen molar-refractivity contribution < 1.29 is 5.21 Å². The Morgan fingerprint density at radius 1 is 1.57 bits per heavy atom. The van der Waals surface area contributed by atoms with Crippen molar-refractivity contribution in [2.75, 3.05) is 11.9 Å². The lowest BCUT2D eigenvalue weighted by Gasteiger charge is -2.19. The number of H-pyrrole nitrogens is 1. The van der Waals surface area contributed by atoms with Gasteiger partial charge in [-0.25, -0.2) is 4.98 Å². The Morgan fingerprint density at radius 3 is 3.05 bits per heavy atom. The molecule has 1 aromatic heterocycles. The van der Waals surface area contributed by atoms with Crippen LogP contribution in [0.15, 0.2) is 45.0 Å². The number of nitrogens with zero attached hydrogens (tertiary/aromatic N) is 3. The van der Waals surface area contributed by atoms with Gasteiger partial charge < -0.3 is 20.8 Å². The lowest BCUT2D eigenvalue weighted by Crippen LogP contribution is -2.22. The van der Waals surface area contributed by atoms with E-state index in [1.165, 1.54) is 6.33 Å². The van der Waals surface area contributed by atoms with Gasteiger partial charge in [-0.05, 0) is 27.6 Å². The summed E-state index contributed by atoms with van der Waals surface area (Å²) < 4.78 is 0.375. The lowest BCUT2D eigenvalue weighted by molar-refractivity contribution is 0.318. The van der Waals surface area contributed by atoms with Gasteiger partial charge in [-0.2, -0.15) is 0 Å². The van der Waals surface area contributed by atoms with Crippen LogP contribution in [0.1, 0.15) is 11.1 Å². The minimum atomic E-state index is -0.239. The van der Waals surface area contributed by atoms with Gasteiger partial charge in [-0.1, -0.05) is 23.4 Å². The number of halogens is 1. The molecule has 0 radical (unpaired) electrons. The van der Waals surface area contributed by atoms with E-state index in [0.717, 1.165) is 5.56 Å². The number of rotatable bonds is 4. The van der Waals surface area contributed by atoms with E-state index >= 15 is 0 Å². The molecule has 0 fully saturated rings. The zero-order valence-electron chi connectivity index (χ0n) is 11.2. The Kier molecular flexibility index (Phi) is 4.59. The number of aromatic nitrogens is 2. The molecule has 0 spiro atoms. The molecule has 7 nitrogen and oxygen atoms in total. The highest BCUT2D eigenvalue weighted by molar-refractivity contribution is 9.10. The number of anilines is 1. The second kappa shape index (κ2) is 6.40. The smallest absolute Gasteiger partial charge is 0.267 e. The molecule has 1 aromatic carbocycles. The normalized spacial score (nSPS) is 11.4. The van der Waals surface area contributed by atoms with E-state index in [4.69, 9.17) is 10.9 Å². The second-order valence-electron chi connectivity index (χ2n) is 4.41. The molecule has 0 aliphatic rings. The van der Waals surface area contributed by atoms with Crippen LogP contribution in [0.4, 0.5) is 5.82 Å². The summed E-state index contributed by atoms with van der Waals surface area (Å²) in [4.78, 5) is 20.0. The Bertz CT molecular complexity index is 728. The highest BCUT2D eigenvalue weighted by atomic mass is 79.9. The molecule has 0 saturated heterocycles. The Labute approximate surface area is 129 Å². The maximum Gasteiger partial charge on any atom is 0.267 e. The molecule has 1 heterocycles. The van der Waals surface area contributed by atoms with E-state index in [-0.39, 0.29) is 11.4 Å². The molecule has 21 heavy (non-hydrogen) atoms.